The predicted molar refractivity (Wildman–Crippen MR) is 106 cm³/mol. The van der Waals surface area contributed by atoms with Crippen LogP contribution in [0.3, 0.4) is 0 Å². The van der Waals surface area contributed by atoms with Crippen LogP contribution in [0, 0.1) is 0 Å². The molecule has 1 atom stereocenters. The highest BCUT2D eigenvalue weighted by molar-refractivity contribution is 7.21. The second-order valence-corrected chi connectivity index (χ2v) is 7.25. The molecule has 0 radical (unpaired) electrons. The molecule has 0 saturated heterocycles. The standard InChI is InChI=1S/C21H19N3OS/c1-15(16-8-3-2-4-9-16)14-23-20(25)19-18(24-12-5-6-13-24)17-10-7-11-22-21(17)26-19/h2-13,15H,14H2,1H3,(H,23,25)/t15-/m1/s1. The molecular formula is C21H19N3OS. The number of nitrogens with one attached hydrogen (secondary N) is 1. The third-order valence-corrected chi connectivity index (χ3v) is 5.55. The van der Waals surface area contributed by atoms with Crippen molar-refractivity contribution in [2.45, 2.75) is 12.8 Å². The molecule has 1 aromatic carbocycles. The highest BCUT2D eigenvalue weighted by Crippen LogP contribution is 2.33. The van der Waals surface area contributed by atoms with Gasteiger partial charge in [0.05, 0.1) is 5.69 Å². The van der Waals surface area contributed by atoms with Crippen molar-refractivity contribution < 1.29 is 4.79 Å². The van der Waals surface area contributed by atoms with Gasteiger partial charge in [0.1, 0.15) is 9.71 Å². The number of thiophene rings is 1. The maximum absolute atomic E-state index is 12.9. The lowest BCUT2D eigenvalue weighted by molar-refractivity contribution is 0.0956. The Labute approximate surface area is 156 Å². The van der Waals surface area contributed by atoms with E-state index in [2.05, 4.69) is 29.4 Å². The Morgan fingerprint density at radius 2 is 1.88 bits per heavy atom. The molecule has 4 aromatic rings. The molecule has 4 nitrogen and oxygen atoms in total. The number of benzene rings is 1. The lowest BCUT2D eigenvalue weighted by atomic mass is 10.0. The largest absolute Gasteiger partial charge is 0.351 e. The molecule has 3 aromatic heterocycles. The second kappa shape index (κ2) is 7.14. The molecule has 3 heterocycles. The average molecular weight is 361 g/mol. The molecule has 0 saturated carbocycles. The predicted octanol–water partition coefficient (Wildman–Crippen LogP) is 4.62. The van der Waals surface area contributed by atoms with Gasteiger partial charge in [-0.15, -0.1) is 11.3 Å². The number of nitrogens with zero attached hydrogens (tertiary/aromatic N) is 2. The number of hydrogen-bond donors (Lipinski definition) is 1. The van der Waals surface area contributed by atoms with E-state index in [4.69, 9.17) is 0 Å². The van der Waals surface area contributed by atoms with Crippen molar-refractivity contribution in [2.24, 2.45) is 0 Å². The Hall–Kier alpha value is -2.92. The van der Waals surface area contributed by atoms with Gasteiger partial charge in [-0.05, 0) is 35.7 Å². The Morgan fingerprint density at radius 1 is 1.12 bits per heavy atom. The van der Waals surface area contributed by atoms with Crippen molar-refractivity contribution in [1.82, 2.24) is 14.9 Å². The van der Waals surface area contributed by atoms with Crippen LogP contribution < -0.4 is 5.32 Å². The summed E-state index contributed by atoms with van der Waals surface area (Å²) in [6.07, 6.45) is 5.67. The molecule has 0 fully saturated rings. The number of fused-ring (bicyclic) bond motifs is 1. The van der Waals surface area contributed by atoms with E-state index in [9.17, 15) is 4.79 Å². The summed E-state index contributed by atoms with van der Waals surface area (Å²) >= 11 is 1.43. The van der Waals surface area contributed by atoms with Crippen molar-refractivity contribution >= 4 is 27.5 Å². The van der Waals surface area contributed by atoms with Gasteiger partial charge in [-0.3, -0.25) is 4.79 Å². The van der Waals surface area contributed by atoms with Crippen LogP contribution in [0.4, 0.5) is 0 Å². The minimum atomic E-state index is -0.0560. The van der Waals surface area contributed by atoms with Gasteiger partial charge >= 0.3 is 0 Å². The zero-order chi connectivity index (χ0) is 17.9. The van der Waals surface area contributed by atoms with E-state index in [1.807, 2.05) is 59.4 Å². The van der Waals surface area contributed by atoms with E-state index in [0.717, 1.165) is 15.9 Å². The van der Waals surface area contributed by atoms with Crippen LogP contribution in [0.1, 0.15) is 28.1 Å². The fourth-order valence-electron chi connectivity index (χ4n) is 3.04. The summed E-state index contributed by atoms with van der Waals surface area (Å²) in [5.41, 5.74) is 2.12. The van der Waals surface area contributed by atoms with Gasteiger partial charge in [0, 0.05) is 30.5 Å². The van der Waals surface area contributed by atoms with E-state index in [-0.39, 0.29) is 11.8 Å². The molecule has 1 amide bonds. The first-order valence-corrected chi connectivity index (χ1v) is 9.39. The molecule has 0 bridgehead atoms. The maximum Gasteiger partial charge on any atom is 0.263 e. The molecule has 0 aliphatic carbocycles. The van der Waals surface area contributed by atoms with E-state index in [0.29, 0.717) is 11.4 Å². The van der Waals surface area contributed by atoms with Gasteiger partial charge in [0.25, 0.3) is 5.91 Å². The van der Waals surface area contributed by atoms with Gasteiger partial charge in [0.2, 0.25) is 0 Å². The van der Waals surface area contributed by atoms with Gasteiger partial charge in [-0.2, -0.15) is 0 Å². The Balaban J connectivity index is 1.62. The molecule has 4 rings (SSSR count). The summed E-state index contributed by atoms with van der Waals surface area (Å²) in [5, 5.41) is 4.09. The van der Waals surface area contributed by atoms with E-state index in [1.54, 1.807) is 6.20 Å². The quantitative estimate of drug-likeness (QED) is 0.564. The van der Waals surface area contributed by atoms with Gasteiger partial charge in [-0.25, -0.2) is 4.98 Å². The number of aromatic nitrogens is 2. The summed E-state index contributed by atoms with van der Waals surface area (Å²) < 4.78 is 1.98. The minimum Gasteiger partial charge on any atom is -0.351 e. The van der Waals surface area contributed by atoms with Crippen LogP contribution in [-0.2, 0) is 0 Å². The van der Waals surface area contributed by atoms with E-state index < -0.39 is 0 Å². The Kier molecular flexibility index (Phi) is 4.54. The Bertz CT molecular complexity index is 1020. The molecule has 26 heavy (non-hydrogen) atoms. The van der Waals surface area contributed by atoms with Gasteiger partial charge in [0.15, 0.2) is 0 Å². The van der Waals surface area contributed by atoms with Crippen LogP contribution in [-0.4, -0.2) is 22.0 Å². The van der Waals surface area contributed by atoms with Crippen molar-refractivity contribution in [3.63, 3.8) is 0 Å². The second-order valence-electron chi connectivity index (χ2n) is 6.25. The van der Waals surface area contributed by atoms with Crippen molar-refractivity contribution in [3.05, 3.63) is 83.6 Å². The number of rotatable bonds is 5. The van der Waals surface area contributed by atoms with Gasteiger partial charge in [-0.1, -0.05) is 37.3 Å². The zero-order valence-electron chi connectivity index (χ0n) is 14.4. The molecule has 0 unspecified atom stereocenters. The molecule has 0 spiro atoms. The fourth-order valence-corrected chi connectivity index (χ4v) is 4.10. The molecule has 1 N–H and O–H groups in total. The number of hydrogen-bond acceptors (Lipinski definition) is 3. The van der Waals surface area contributed by atoms with Crippen molar-refractivity contribution in [2.75, 3.05) is 6.54 Å². The van der Waals surface area contributed by atoms with Crippen LogP contribution >= 0.6 is 11.3 Å². The summed E-state index contributed by atoms with van der Waals surface area (Å²) in [7, 11) is 0. The van der Waals surface area contributed by atoms with E-state index in [1.165, 1.54) is 16.9 Å². The van der Waals surface area contributed by atoms with Crippen LogP contribution in [0.2, 0.25) is 0 Å². The van der Waals surface area contributed by atoms with E-state index >= 15 is 0 Å². The van der Waals surface area contributed by atoms with Crippen molar-refractivity contribution in [3.8, 4) is 5.69 Å². The normalized spacial score (nSPS) is 12.2. The number of amides is 1. The first-order valence-electron chi connectivity index (χ1n) is 8.58. The lowest BCUT2D eigenvalue weighted by Gasteiger charge is -2.13. The van der Waals surface area contributed by atoms with Crippen LogP contribution in [0.25, 0.3) is 15.9 Å². The monoisotopic (exact) mass is 361 g/mol. The highest BCUT2D eigenvalue weighted by Gasteiger charge is 2.20. The third-order valence-electron chi connectivity index (χ3n) is 4.45. The minimum absolute atomic E-state index is 0.0560. The fraction of sp³-hybridized carbons (Fsp3) is 0.143. The maximum atomic E-state index is 12.9. The first kappa shape index (κ1) is 16.5. The Morgan fingerprint density at radius 3 is 2.65 bits per heavy atom. The first-order chi connectivity index (χ1) is 12.7. The molecule has 130 valence electrons. The average Bonchev–Trinajstić information content (AvgIpc) is 3.33. The molecular weight excluding hydrogens is 342 g/mol. The number of carbonyl (C=O) groups is 1. The summed E-state index contributed by atoms with van der Waals surface area (Å²) in [4.78, 5) is 18.9. The summed E-state index contributed by atoms with van der Waals surface area (Å²) in [6, 6.07) is 18.1. The van der Waals surface area contributed by atoms with Crippen LogP contribution in [0.15, 0.2) is 73.2 Å². The third kappa shape index (κ3) is 3.13. The summed E-state index contributed by atoms with van der Waals surface area (Å²) in [6.45, 7) is 2.71. The smallest absolute Gasteiger partial charge is 0.263 e. The lowest BCUT2D eigenvalue weighted by Crippen LogP contribution is -2.27. The zero-order valence-corrected chi connectivity index (χ0v) is 15.2. The SMILES string of the molecule is C[C@H](CNC(=O)c1sc2ncccc2c1-n1cccc1)c1ccccc1. The number of carbonyl (C=O) groups excluding carboxylic acids is 1. The van der Waals surface area contributed by atoms with Crippen molar-refractivity contribution in [1.29, 1.82) is 0 Å². The molecule has 0 aliphatic heterocycles. The highest BCUT2D eigenvalue weighted by atomic mass is 32.1. The topological polar surface area (TPSA) is 46.9 Å². The van der Waals surface area contributed by atoms with Crippen LogP contribution in [0.5, 0.6) is 0 Å². The molecule has 0 aliphatic rings. The number of pyridine rings is 1. The summed E-state index contributed by atoms with van der Waals surface area (Å²) in [5.74, 6) is 0.196. The molecule has 5 heteroatoms. The van der Waals surface area contributed by atoms with Gasteiger partial charge < -0.3 is 9.88 Å².